The molecule has 1 heterocycles. The van der Waals surface area contributed by atoms with Gasteiger partial charge in [0.1, 0.15) is 5.82 Å². The van der Waals surface area contributed by atoms with Crippen LogP contribution in [-0.4, -0.2) is 24.7 Å². The SMILES string of the molecule is CC(NC(=O)c1cccc(Br)c1F)C1CCCO1. The lowest BCUT2D eigenvalue weighted by atomic mass is 10.1. The summed E-state index contributed by atoms with van der Waals surface area (Å²) in [6, 6.07) is 4.56. The molecule has 1 amide bonds. The third-order valence-electron chi connectivity index (χ3n) is 3.08. The van der Waals surface area contributed by atoms with Gasteiger partial charge in [0.2, 0.25) is 0 Å². The fourth-order valence-corrected chi connectivity index (χ4v) is 2.42. The number of hydrogen-bond donors (Lipinski definition) is 1. The van der Waals surface area contributed by atoms with Crippen LogP contribution in [0.1, 0.15) is 30.1 Å². The molecule has 1 aliphatic rings. The van der Waals surface area contributed by atoms with Crippen molar-refractivity contribution >= 4 is 21.8 Å². The lowest BCUT2D eigenvalue weighted by Gasteiger charge is -2.20. The Morgan fingerprint density at radius 3 is 3.06 bits per heavy atom. The first kappa shape index (κ1) is 13.5. The Hall–Kier alpha value is -0.940. The van der Waals surface area contributed by atoms with Crippen molar-refractivity contribution in [1.29, 1.82) is 0 Å². The van der Waals surface area contributed by atoms with E-state index in [1.807, 2.05) is 6.92 Å². The number of rotatable bonds is 3. The monoisotopic (exact) mass is 315 g/mol. The fourth-order valence-electron chi connectivity index (χ4n) is 2.05. The summed E-state index contributed by atoms with van der Waals surface area (Å²) in [5, 5.41) is 2.78. The summed E-state index contributed by atoms with van der Waals surface area (Å²) in [5.74, 6) is -0.939. The molecule has 98 valence electrons. The summed E-state index contributed by atoms with van der Waals surface area (Å²) >= 11 is 3.07. The Bertz CT molecular complexity index is 447. The van der Waals surface area contributed by atoms with Crippen LogP contribution in [0.25, 0.3) is 0 Å². The lowest BCUT2D eigenvalue weighted by molar-refractivity contribution is 0.0710. The summed E-state index contributed by atoms with van der Waals surface area (Å²) < 4.78 is 19.5. The molecule has 1 aromatic carbocycles. The zero-order valence-electron chi connectivity index (χ0n) is 10.1. The summed E-state index contributed by atoms with van der Waals surface area (Å²) in [4.78, 5) is 12.0. The van der Waals surface area contributed by atoms with Crippen molar-refractivity contribution in [3.63, 3.8) is 0 Å². The minimum Gasteiger partial charge on any atom is -0.376 e. The second-order valence-corrected chi connectivity index (χ2v) is 5.27. The molecule has 0 aromatic heterocycles. The Balaban J connectivity index is 2.05. The van der Waals surface area contributed by atoms with Gasteiger partial charge >= 0.3 is 0 Å². The minimum absolute atomic E-state index is 0.0316. The molecule has 1 aromatic rings. The van der Waals surface area contributed by atoms with Gasteiger partial charge in [-0.2, -0.15) is 0 Å². The van der Waals surface area contributed by atoms with Gasteiger partial charge in [-0.1, -0.05) is 6.07 Å². The number of amides is 1. The van der Waals surface area contributed by atoms with Crippen molar-refractivity contribution in [1.82, 2.24) is 5.32 Å². The molecule has 0 saturated carbocycles. The second kappa shape index (κ2) is 5.80. The van der Waals surface area contributed by atoms with Crippen LogP contribution < -0.4 is 5.32 Å². The highest BCUT2D eigenvalue weighted by atomic mass is 79.9. The average Bonchev–Trinajstić information content (AvgIpc) is 2.86. The van der Waals surface area contributed by atoms with Gasteiger partial charge in [0.25, 0.3) is 5.91 Å². The zero-order chi connectivity index (χ0) is 13.1. The second-order valence-electron chi connectivity index (χ2n) is 4.41. The van der Waals surface area contributed by atoms with Gasteiger partial charge < -0.3 is 10.1 Å². The number of halogens is 2. The van der Waals surface area contributed by atoms with Crippen molar-refractivity contribution in [3.8, 4) is 0 Å². The van der Waals surface area contributed by atoms with Gasteiger partial charge in [-0.05, 0) is 47.8 Å². The van der Waals surface area contributed by atoms with Crippen LogP contribution in [-0.2, 0) is 4.74 Å². The van der Waals surface area contributed by atoms with Crippen LogP contribution in [0.2, 0.25) is 0 Å². The first-order chi connectivity index (χ1) is 8.59. The topological polar surface area (TPSA) is 38.3 Å². The van der Waals surface area contributed by atoms with Crippen LogP contribution in [0, 0.1) is 5.82 Å². The van der Waals surface area contributed by atoms with Crippen LogP contribution in [0.4, 0.5) is 4.39 Å². The molecule has 0 bridgehead atoms. The molecule has 1 N–H and O–H groups in total. The highest BCUT2D eigenvalue weighted by Gasteiger charge is 2.25. The van der Waals surface area contributed by atoms with Gasteiger partial charge in [-0.15, -0.1) is 0 Å². The predicted molar refractivity (Wildman–Crippen MR) is 70.0 cm³/mol. The third-order valence-corrected chi connectivity index (χ3v) is 3.69. The average molecular weight is 316 g/mol. The van der Waals surface area contributed by atoms with Gasteiger partial charge in [-0.3, -0.25) is 4.79 Å². The summed E-state index contributed by atoms with van der Waals surface area (Å²) in [6.07, 6.45) is 1.97. The van der Waals surface area contributed by atoms with Crippen molar-refractivity contribution in [2.45, 2.75) is 31.9 Å². The molecule has 18 heavy (non-hydrogen) atoms. The van der Waals surface area contributed by atoms with E-state index in [-0.39, 0.29) is 17.7 Å². The predicted octanol–water partition coefficient (Wildman–Crippen LogP) is 2.89. The van der Waals surface area contributed by atoms with Crippen LogP contribution in [0.5, 0.6) is 0 Å². The smallest absolute Gasteiger partial charge is 0.254 e. The van der Waals surface area contributed by atoms with Crippen LogP contribution in [0.3, 0.4) is 0 Å². The number of carbonyl (C=O) groups excluding carboxylic acids is 1. The number of nitrogens with one attached hydrogen (secondary N) is 1. The minimum atomic E-state index is -0.533. The number of carbonyl (C=O) groups is 1. The normalized spacial score (nSPS) is 20.7. The van der Waals surface area contributed by atoms with E-state index in [2.05, 4.69) is 21.2 Å². The van der Waals surface area contributed by atoms with Gasteiger partial charge in [-0.25, -0.2) is 4.39 Å². The first-order valence-electron chi connectivity index (χ1n) is 5.96. The van der Waals surface area contributed by atoms with Crippen LogP contribution in [0.15, 0.2) is 22.7 Å². The van der Waals surface area contributed by atoms with E-state index in [9.17, 15) is 9.18 Å². The Labute approximate surface area is 114 Å². The van der Waals surface area contributed by atoms with Gasteiger partial charge in [0.15, 0.2) is 0 Å². The largest absolute Gasteiger partial charge is 0.376 e. The van der Waals surface area contributed by atoms with E-state index in [0.717, 1.165) is 19.4 Å². The summed E-state index contributed by atoms with van der Waals surface area (Å²) in [5.41, 5.74) is 0.0502. The first-order valence-corrected chi connectivity index (χ1v) is 6.75. The molecule has 1 saturated heterocycles. The number of benzene rings is 1. The summed E-state index contributed by atoms with van der Waals surface area (Å²) in [6.45, 7) is 2.61. The van der Waals surface area contributed by atoms with Crippen molar-refractivity contribution in [3.05, 3.63) is 34.1 Å². The maximum atomic E-state index is 13.7. The highest BCUT2D eigenvalue weighted by Crippen LogP contribution is 2.20. The van der Waals surface area contributed by atoms with Crippen molar-refractivity contribution < 1.29 is 13.9 Å². The highest BCUT2D eigenvalue weighted by molar-refractivity contribution is 9.10. The molecular weight excluding hydrogens is 301 g/mol. The molecule has 0 aliphatic carbocycles. The molecule has 0 spiro atoms. The maximum absolute atomic E-state index is 13.7. The Morgan fingerprint density at radius 1 is 1.61 bits per heavy atom. The number of hydrogen-bond acceptors (Lipinski definition) is 2. The quantitative estimate of drug-likeness (QED) is 0.931. The molecule has 2 atom stereocenters. The van der Waals surface area contributed by atoms with E-state index in [1.54, 1.807) is 12.1 Å². The van der Waals surface area contributed by atoms with Crippen molar-refractivity contribution in [2.24, 2.45) is 0 Å². The molecule has 1 aliphatic heterocycles. The fraction of sp³-hybridized carbons (Fsp3) is 0.462. The third kappa shape index (κ3) is 2.90. The van der Waals surface area contributed by atoms with E-state index in [0.29, 0.717) is 4.47 Å². The molecule has 5 heteroatoms. The zero-order valence-corrected chi connectivity index (χ0v) is 11.7. The summed E-state index contributed by atoms with van der Waals surface area (Å²) in [7, 11) is 0. The van der Waals surface area contributed by atoms with E-state index < -0.39 is 11.7 Å². The standard InChI is InChI=1S/C13H15BrFNO2/c1-8(11-6-3-7-18-11)16-13(17)9-4-2-5-10(14)12(9)15/h2,4-5,8,11H,3,6-7H2,1H3,(H,16,17). The molecular formula is C13H15BrFNO2. The van der Waals surface area contributed by atoms with E-state index in [1.165, 1.54) is 6.07 Å². The molecule has 2 unspecified atom stereocenters. The molecule has 2 rings (SSSR count). The maximum Gasteiger partial charge on any atom is 0.254 e. The molecule has 3 nitrogen and oxygen atoms in total. The van der Waals surface area contributed by atoms with Crippen LogP contribution >= 0.6 is 15.9 Å². The molecule has 0 radical (unpaired) electrons. The number of ether oxygens (including phenoxy) is 1. The van der Waals surface area contributed by atoms with Crippen molar-refractivity contribution in [2.75, 3.05) is 6.61 Å². The molecule has 1 fully saturated rings. The van der Waals surface area contributed by atoms with E-state index >= 15 is 0 Å². The Kier molecular flexibility index (Phi) is 4.35. The lowest BCUT2D eigenvalue weighted by Crippen LogP contribution is -2.41. The van der Waals surface area contributed by atoms with E-state index in [4.69, 9.17) is 4.74 Å². The van der Waals surface area contributed by atoms with Gasteiger partial charge in [0.05, 0.1) is 22.2 Å². The van der Waals surface area contributed by atoms with Gasteiger partial charge in [0, 0.05) is 6.61 Å². The Morgan fingerprint density at radius 2 is 2.39 bits per heavy atom.